The molecule has 4 unspecified atom stereocenters. The predicted octanol–water partition coefficient (Wildman–Crippen LogP) is -4.80. The maximum absolute atomic E-state index is 14.8. The molecule has 0 aliphatic carbocycles. The van der Waals surface area contributed by atoms with Crippen molar-refractivity contribution in [3.8, 4) is 0 Å². The van der Waals surface area contributed by atoms with Crippen LogP contribution < -0.4 is 58.9 Å². The zero-order chi connectivity index (χ0) is 67.9. The lowest BCUT2D eigenvalue weighted by Gasteiger charge is -2.34. The Kier molecular flexibility index (Phi) is 30.4. The summed E-state index contributed by atoms with van der Waals surface area (Å²) in [6.45, 7) is 13.1. The molecule has 0 aromatic rings. The Morgan fingerprint density at radius 3 is 1.81 bits per heavy atom. The SMILES string of the molecule is CC(C)CC/C=C\C=C\C(=O)N[C@H](C(=O)N[C@@H]1C(=O)N[C@H](C(C)C)C(=O)N[C@@H](CCCCN)C(=O)N[C@@H](C(O)C(=O)O)C(=O)N[C@@H](CC(=O)O)C(=O)NCC(=O)N[C@H](C(C)C(=O)O)C(=O)N[C@@H](C(C)C)C(=O)N2C[C@H](C)C[C@H]2C(=O)NC1C)C(C)(O)C(=O)O. The van der Waals surface area contributed by atoms with Gasteiger partial charge in [0.2, 0.25) is 65.0 Å². The molecule has 2 fully saturated rings. The number of hydrogen-bond donors (Lipinski definition) is 17. The zero-order valence-corrected chi connectivity index (χ0v) is 51.4. The molecule has 2 aliphatic rings. The number of nitrogens with two attached hydrogens (primary N) is 1. The standard InChI is InChI=1S/C56H88N12O21/c1-25(2)17-13-11-12-14-19-34(69)63-43(56(10,89)55(87)88)51(81)66-40-30(9)59-46(76)33-21-28(7)24-68(33)52(82)38(27(5)6)65-48(78)39(29(8)53(83)84)62-35(70)23-58-44(74)32(22-36(71)72)61-50(80)41(42(73)54(85)86)67-45(75)31(18-15-16-20-57)60-47(77)37(26(3)4)64-49(40)79/h11-12,14,19,25-33,37-43,73,89H,13,15-18,20-24,57H2,1-10H3,(H,58,74)(H,59,76)(H,60,77)(H,61,80)(H,62,70)(H,63,69)(H,64,79)(H,65,78)(H,66,81)(H,67,75)(H,71,72)(H,83,84)(H,85,86)(H,87,88)/b12-11-,19-14+/t28-,29?,30?,31+,32+,33+,37-,38+,39-,40+,41+,42?,43-,56?/m1/s1. The van der Waals surface area contributed by atoms with Crippen LogP contribution in [0.4, 0.5) is 0 Å². The summed E-state index contributed by atoms with van der Waals surface area (Å²) in [5, 5.41) is 83.8. The second kappa shape index (κ2) is 35.4. The minimum absolute atomic E-state index is 0.0369. The predicted molar refractivity (Wildman–Crippen MR) is 311 cm³/mol. The van der Waals surface area contributed by atoms with E-state index in [1.807, 2.05) is 29.8 Å². The molecule has 33 heteroatoms. The summed E-state index contributed by atoms with van der Waals surface area (Å²) >= 11 is 0. The second-order valence-corrected chi connectivity index (χ2v) is 23.4. The van der Waals surface area contributed by atoms with Crippen LogP contribution in [0.3, 0.4) is 0 Å². The zero-order valence-electron chi connectivity index (χ0n) is 51.4. The van der Waals surface area contributed by atoms with Gasteiger partial charge in [-0.1, -0.05) is 66.7 Å². The van der Waals surface area contributed by atoms with E-state index < -0.39 is 198 Å². The van der Waals surface area contributed by atoms with Crippen molar-refractivity contribution in [1.29, 1.82) is 0 Å². The molecule has 498 valence electrons. The normalized spacial score (nSPS) is 26.2. The summed E-state index contributed by atoms with van der Waals surface area (Å²) in [6, 6.07) is -19.5. The topological polar surface area (TPSA) is 527 Å². The van der Waals surface area contributed by atoms with Crippen molar-refractivity contribution in [2.45, 2.75) is 186 Å². The van der Waals surface area contributed by atoms with Crippen molar-refractivity contribution in [2.24, 2.45) is 35.3 Å². The lowest BCUT2D eigenvalue weighted by molar-refractivity contribution is -0.163. The first kappa shape index (κ1) is 76.5. The summed E-state index contributed by atoms with van der Waals surface area (Å²) < 4.78 is 0. The van der Waals surface area contributed by atoms with Gasteiger partial charge in [-0.2, -0.15) is 0 Å². The van der Waals surface area contributed by atoms with E-state index in [9.17, 15) is 103 Å². The number of allylic oxidation sites excluding steroid dienone is 3. The summed E-state index contributed by atoms with van der Waals surface area (Å²) in [5.41, 5.74) is 2.56. The average molecular weight is 1270 g/mol. The van der Waals surface area contributed by atoms with E-state index in [0.717, 1.165) is 24.3 Å². The van der Waals surface area contributed by atoms with Crippen molar-refractivity contribution < 1.29 is 103 Å². The van der Waals surface area contributed by atoms with Gasteiger partial charge in [0.1, 0.15) is 54.4 Å². The van der Waals surface area contributed by atoms with E-state index in [2.05, 4.69) is 37.2 Å². The van der Waals surface area contributed by atoms with Gasteiger partial charge in [-0.15, -0.1) is 0 Å². The average Bonchev–Trinajstić information content (AvgIpc) is 2.69. The molecular weight excluding hydrogens is 1180 g/mol. The van der Waals surface area contributed by atoms with Crippen molar-refractivity contribution in [3.05, 3.63) is 24.3 Å². The smallest absolute Gasteiger partial charge is 0.338 e. The summed E-state index contributed by atoms with van der Waals surface area (Å²) in [6.07, 6.45) is 2.58. The lowest BCUT2D eigenvalue weighted by Crippen LogP contribution is -2.68. The quantitative estimate of drug-likeness (QED) is 0.0275. The first-order valence-corrected chi connectivity index (χ1v) is 29.0. The highest BCUT2D eigenvalue weighted by Gasteiger charge is 2.48. The van der Waals surface area contributed by atoms with Crippen molar-refractivity contribution in [1.82, 2.24) is 58.1 Å². The molecule has 2 aliphatic heterocycles. The first-order valence-electron chi connectivity index (χ1n) is 29.0. The number of aliphatic hydroxyl groups is 2. The number of hydrogen-bond acceptors (Lipinski definition) is 18. The second-order valence-electron chi connectivity index (χ2n) is 23.4. The molecule has 18 N–H and O–H groups in total. The Labute approximate surface area is 513 Å². The van der Waals surface area contributed by atoms with Gasteiger partial charge < -0.3 is 94.4 Å². The van der Waals surface area contributed by atoms with Crippen LogP contribution in [0.1, 0.15) is 114 Å². The highest BCUT2D eigenvalue weighted by molar-refractivity contribution is 6.02. The van der Waals surface area contributed by atoms with Crippen molar-refractivity contribution in [2.75, 3.05) is 19.6 Å². The number of carboxylic acid groups (broad SMARTS) is 4. The number of rotatable bonds is 22. The van der Waals surface area contributed by atoms with Gasteiger partial charge in [-0.3, -0.25) is 62.3 Å². The van der Waals surface area contributed by atoms with Crippen LogP contribution in [-0.2, 0) is 71.9 Å². The molecule has 2 heterocycles. The number of carboxylic acids is 4. The number of unbranched alkanes of at least 4 members (excludes halogenated alkanes) is 1. The fourth-order valence-corrected chi connectivity index (χ4v) is 9.26. The van der Waals surface area contributed by atoms with E-state index in [-0.39, 0.29) is 38.8 Å². The van der Waals surface area contributed by atoms with E-state index >= 15 is 0 Å². The fraction of sp³-hybridized carbons (Fsp3) is 0.661. The van der Waals surface area contributed by atoms with E-state index in [4.69, 9.17) is 5.73 Å². The highest BCUT2D eigenvalue weighted by Crippen LogP contribution is 2.26. The van der Waals surface area contributed by atoms with Crippen LogP contribution in [-0.4, -0.2) is 216 Å². The van der Waals surface area contributed by atoms with Crippen LogP contribution in [0.5, 0.6) is 0 Å². The van der Waals surface area contributed by atoms with E-state index in [1.165, 1.54) is 46.8 Å². The number of carbonyl (C=O) groups excluding carboxylic acids is 11. The summed E-state index contributed by atoms with van der Waals surface area (Å²) in [5.74, 6) is -25.3. The lowest BCUT2D eigenvalue weighted by atomic mass is 9.94. The summed E-state index contributed by atoms with van der Waals surface area (Å²) in [4.78, 5) is 205. The Morgan fingerprint density at radius 2 is 1.26 bits per heavy atom. The Morgan fingerprint density at radius 1 is 0.685 bits per heavy atom. The molecule has 2 rings (SSSR count). The number of amides is 11. The van der Waals surface area contributed by atoms with Gasteiger partial charge in [0.05, 0.1) is 24.9 Å². The highest BCUT2D eigenvalue weighted by atomic mass is 16.4. The molecule has 0 aromatic carbocycles. The van der Waals surface area contributed by atoms with E-state index in [0.29, 0.717) is 19.3 Å². The molecule has 33 nitrogen and oxygen atoms in total. The molecular formula is C56H88N12O21. The number of fused-ring (bicyclic) bond motifs is 1. The number of nitrogens with zero attached hydrogens (tertiary/aromatic N) is 1. The number of aliphatic hydroxyl groups excluding tert-OH is 1. The van der Waals surface area contributed by atoms with Gasteiger partial charge in [-0.05, 0) is 89.5 Å². The van der Waals surface area contributed by atoms with Gasteiger partial charge in [0, 0.05) is 12.6 Å². The molecule has 0 saturated carbocycles. The molecule has 0 aromatic heterocycles. The molecule has 0 radical (unpaired) electrons. The third-order valence-corrected chi connectivity index (χ3v) is 14.6. The number of aliphatic carboxylic acids is 4. The third kappa shape index (κ3) is 23.5. The summed E-state index contributed by atoms with van der Waals surface area (Å²) in [7, 11) is 0. The van der Waals surface area contributed by atoms with Crippen LogP contribution in [0.2, 0.25) is 0 Å². The van der Waals surface area contributed by atoms with Crippen molar-refractivity contribution in [3.63, 3.8) is 0 Å². The first-order chi connectivity index (χ1) is 41.4. The molecule has 14 atom stereocenters. The Bertz CT molecular complexity index is 2680. The molecule has 89 heavy (non-hydrogen) atoms. The number of carbonyl (C=O) groups is 15. The monoisotopic (exact) mass is 1260 g/mol. The van der Waals surface area contributed by atoms with Gasteiger partial charge in [0.25, 0.3) is 0 Å². The van der Waals surface area contributed by atoms with Gasteiger partial charge in [0.15, 0.2) is 11.7 Å². The van der Waals surface area contributed by atoms with Gasteiger partial charge in [-0.25, -0.2) is 9.59 Å². The number of nitrogens with one attached hydrogen (secondary N) is 10. The van der Waals surface area contributed by atoms with Crippen LogP contribution in [0.25, 0.3) is 0 Å². The van der Waals surface area contributed by atoms with Crippen LogP contribution in [0, 0.1) is 29.6 Å². The van der Waals surface area contributed by atoms with Crippen LogP contribution in [0.15, 0.2) is 24.3 Å². The largest absolute Gasteiger partial charge is 0.481 e. The minimum Gasteiger partial charge on any atom is -0.481 e. The molecule has 0 bridgehead atoms. The molecule has 0 spiro atoms. The van der Waals surface area contributed by atoms with Crippen molar-refractivity contribution >= 4 is 88.9 Å². The fourth-order valence-electron chi connectivity index (χ4n) is 9.26. The van der Waals surface area contributed by atoms with Crippen LogP contribution >= 0.6 is 0 Å². The van der Waals surface area contributed by atoms with E-state index in [1.54, 1.807) is 13.0 Å². The maximum atomic E-state index is 14.8. The molecule has 11 amide bonds. The Hall–Kier alpha value is -8.59. The third-order valence-electron chi connectivity index (χ3n) is 14.6. The molecule has 2 saturated heterocycles. The minimum atomic E-state index is -3.13. The van der Waals surface area contributed by atoms with Gasteiger partial charge >= 0.3 is 23.9 Å². The maximum Gasteiger partial charge on any atom is 0.338 e. The Balaban J connectivity index is 3.00.